The first-order valence-corrected chi connectivity index (χ1v) is 6.69. The lowest BCUT2D eigenvalue weighted by Gasteiger charge is -2.25. The summed E-state index contributed by atoms with van der Waals surface area (Å²) >= 11 is 0. The summed E-state index contributed by atoms with van der Waals surface area (Å²) in [6.45, 7) is 4.41. The molecular formula is C13H26N4O. The van der Waals surface area contributed by atoms with E-state index in [1.54, 1.807) is 14.1 Å². The van der Waals surface area contributed by atoms with Crippen LogP contribution in [0.15, 0.2) is 4.99 Å². The molecule has 18 heavy (non-hydrogen) atoms. The van der Waals surface area contributed by atoms with Crippen molar-refractivity contribution in [1.29, 1.82) is 0 Å². The van der Waals surface area contributed by atoms with Gasteiger partial charge in [-0.15, -0.1) is 0 Å². The Labute approximate surface area is 110 Å². The Morgan fingerprint density at radius 1 is 1.33 bits per heavy atom. The Hall–Kier alpha value is -1.26. The Bertz CT molecular complexity index is 306. The first kappa shape index (κ1) is 14.8. The van der Waals surface area contributed by atoms with Gasteiger partial charge < -0.3 is 16.0 Å². The monoisotopic (exact) mass is 254 g/mol. The number of nitrogens with one attached hydrogen (secondary N) is 3. The van der Waals surface area contributed by atoms with Crippen LogP contribution in [0, 0.1) is 5.41 Å². The van der Waals surface area contributed by atoms with Crippen molar-refractivity contribution in [2.24, 2.45) is 10.4 Å². The number of nitrogens with zero attached hydrogens (tertiary/aromatic N) is 1. The van der Waals surface area contributed by atoms with Gasteiger partial charge in [0.2, 0.25) is 5.91 Å². The van der Waals surface area contributed by atoms with Crippen LogP contribution in [-0.4, -0.2) is 38.5 Å². The summed E-state index contributed by atoms with van der Waals surface area (Å²) in [5.41, 5.74) is -0.442. The first-order valence-electron chi connectivity index (χ1n) is 6.69. The van der Waals surface area contributed by atoms with E-state index in [9.17, 15) is 4.79 Å². The van der Waals surface area contributed by atoms with E-state index in [1.165, 1.54) is 25.7 Å². The maximum Gasteiger partial charge on any atom is 0.227 e. The van der Waals surface area contributed by atoms with E-state index in [0.29, 0.717) is 12.6 Å². The average Bonchev–Trinajstić information content (AvgIpc) is 2.86. The fourth-order valence-corrected chi connectivity index (χ4v) is 2.18. The number of amides is 1. The number of carbonyl (C=O) groups excluding carboxylic acids is 1. The third-order valence-corrected chi connectivity index (χ3v) is 3.46. The van der Waals surface area contributed by atoms with Crippen LogP contribution >= 0.6 is 0 Å². The van der Waals surface area contributed by atoms with Crippen molar-refractivity contribution in [2.45, 2.75) is 45.6 Å². The van der Waals surface area contributed by atoms with Crippen LogP contribution in [-0.2, 0) is 4.79 Å². The zero-order valence-electron chi connectivity index (χ0n) is 12.0. The molecule has 5 heteroatoms. The molecule has 0 saturated heterocycles. The highest BCUT2D eigenvalue weighted by molar-refractivity contribution is 5.84. The summed E-state index contributed by atoms with van der Waals surface area (Å²) in [6, 6.07) is 0.527. The van der Waals surface area contributed by atoms with Gasteiger partial charge in [0.25, 0.3) is 0 Å². The minimum Gasteiger partial charge on any atom is -0.359 e. The summed E-state index contributed by atoms with van der Waals surface area (Å²) < 4.78 is 0. The van der Waals surface area contributed by atoms with Crippen molar-refractivity contribution < 1.29 is 4.79 Å². The zero-order chi connectivity index (χ0) is 13.6. The molecule has 3 N–H and O–H groups in total. The molecule has 1 rings (SSSR count). The van der Waals surface area contributed by atoms with Crippen LogP contribution in [0.25, 0.3) is 0 Å². The van der Waals surface area contributed by atoms with Gasteiger partial charge in [0.1, 0.15) is 0 Å². The second-order valence-corrected chi connectivity index (χ2v) is 5.51. The second-order valence-electron chi connectivity index (χ2n) is 5.51. The summed E-state index contributed by atoms with van der Waals surface area (Å²) in [6.07, 6.45) is 5.00. The molecule has 1 saturated carbocycles. The van der Waals surface area contributed by atoms with Crippen molar-refractivity contribution in [1.82, 2.24) is 16.0 Å². The highest BCUT2D eigenvalue weighted by atomic mass is 16.2. The standard InChI is InChI=1S/C13H26N4O/c1-13(2,11(18)14-3)9-16-12(15-4)17-10-7-5-6-8-10/h10H,5-9H2,1-4H3,(H,14,18)(H2,15,16,17). The predicted molar refractivity (Wildman–Crippen MR) is 74.6 cm³/mol. The molecule has 0 heterocycles. The van der Waals surface area contributed by atoms with Crippen LogP contribution in [0.5, 0.6) is 0 Å². The number of rotatable bonds is 4. The molecule has 0 aliphatic heterocycles. The minimum atomic E-state index is -0.442. The molecule has 0 aromatic rings. The van der Waals surface area contributed by atoms with Crippen LogP contribution in [0.2, 0.25) is 0 Å². The van der Waals surface area contributed by atoms with Crippen molar-refractivity contribution in [3.63, 3.8) is 0 Å². The van der Waals surface area contributed by atoms with Crippen LogP contribution in [0.4, 0.5) is 0 Å². The zero-order valence-corrected chi connectivity index (χ0v) is 12.0. The predicted octanol–water partition coefficient (Wildman–Crippen LogP) is 0.866. The van der Waals surface area contributed by atoms with Gasteiger partial charge in [-0.25, -0.2) is 0 Å². The average molecular weight is 254 g/mol. The van der Waals surface area contributed by atoms with E-state index in [4.69, 9.17) is 0 Å². The van der Waals surface area contributed by atoms with Gasteiger partial charge in [-0.1, -0.05) is 12.8 Å². The van der Waals surface area contributed by atoms with E-state index in [1.807, 2.05) is 13.8 Å². The largest absolute Gasteiger partial charge is 0.359 e. The number of hydrogen-bond acceptors (Lipinski definition) is 2. The fraction of sp³-hybridized carbons (Fsp3) is 0.846. The quantitative estimate of drug-likeness (QED) is 0.515. The van der Waals surface area contributed by atoms with Gasteiger partial charge in [0.15, 0.2) is 5.96 Å². The third kappa shape index (κ3) is 4.20. The van der Waals surface area contributed by atoms with E-state index in [-0.39, 0.29) is 5.91 Å². The second kappa shape index (κ2) is 6.61. The molecule has 104 valence electrons. The summed E-state index contributed by atoms with van der Waals surface area (Å²) in [5, 5.41) is 9.31. The summed E-state index contributed by atoms with van der Waals surface area (Å²) in [4.78, 5) is 15.9. The molecular weight excluding hydrogens is 228 g/mol. The van der Waals surface area contributed by atoms with Crippen LogP contribution < -0.4 is 16.0 Å². The fourth-order valence-electron chi connectivity index (χ4n) is 2.18. The van der Waals surface area contributed by atoms with E-state index in [0.717, 1.165) is 5.96 Å². The highest BCUT2D eigenvalue weighted by Crippen LogP contribution is 2.17. The van der Waals surface area contributed by atoms with Crippen molar-refractivity contribution in [3.8, 4) is 0 Å². The minimum absolute atomic E-state index is 0.0336. The molecule has 1 aliphatic carbocycles. The molecule has 0 aromatic heterocycles. The van der Waals surface area contributed by atoms with Gasteiger partial charge in [-0.3, -0.25) is 9.79 Å². The van der Waals surface area contributed by atoms with Gasteiger partial charge in [0, 0.05) is 26.7 Å². The number of aliphatic imine (C=N–C) groups is 1. The number of guanidine groups is 1. The lowest BCUT2D eigenvalue weighted by atomic mass is 9.92. The lowest BCUT2D eigenvalue weighted by molar-refractivity contribution is -0.128. The molecule has 1 amide bonds. The maximum atomic E-state index is 11.7. The molecule has 1 aliphatic rings. The molecule has 5 nitrogen and oxygen atoms in total. The molecule has 0 bridgehead atoms. The molecule has 0 aromatic carbocycles. The normalized spacial score (nSPS) is 17.7. The Morgan fingerprint density at radius 2 is 1.94 bits per heavy atom. The Kier molecular flexibility index (Phi) is 5.44. The Balaban J connectivity index is 2.41. The third-order valence-electron chi connectivity index (χ3n) is 3.46. The van der Waals surface area contributed by atoms with Crippen molar-refractivity contribution in [2.75, 3.05) is 20.6 Å². The maximum absolute atomic E-state index is 11.7. The topological polar surface area (TPSA) is 65.5 Å². The van der Waals surface area contributed by atoms with Crippen molar-refractivity contribution >= 4 is 11.9 Å². The van der Waals surface area contributed by atoms with E-state index < -0.39 is 5.41 Å². The van der Waals surface area contributed by atoms with E-state index in [2.05, 4.69) is 20.9 Å². The van der Waals surface area contributed by atoms with Gasteiger partial charge in [0.05, 0.1) is 5.41 Å². The lowest BCUT2D eigenvalue weighted by Crippen LogP contribution is -2.49. The SMILES string of the molecule is CN=C(NCC(C)(C)C(=O)NC)NC1CCCC1. The number of carbonyl (C=O) groups is 1. The van der Waals surface area contributed by atoms with Gasteiger partial charge in [-0.05, 0) is 26.7 Å². The Morgan fingerprint density at radius 3 is 2.44 bits per heavy atom. The van der Waals surface area contributed by atoms with Crippen LogP contribution in [0.3, 0.4) is 0 Å². The first-order chi connectivity index (χ1) is 8.49. The molecule has 0 unspecified atom stereocenters. The van der Waals surface area contributed by atoms with Crippen LogP contribution in [0.1, 0.15) is 39.5 Å². The molecule has 0 spiro atoms. The summed E-state index contributed by atoms with van der Waals surface area (Å²) in [5.74, 6) is 0.824. The van der Waals surface area contributed by atoms with Crippen molar-refractivity contribution in [3.05, 3.63) is 0 Å². The van der Waals surface area contributed by atoms with Gasteiger partial charge >= 0.3 is 0 Å². The number of hydrogen-bond donors (Lipinski definition) is 3. The molecule has 1 fully saturated rings. The highest BCUT2D eigenvalue weighted by Gasteiger charge is 2.27. The molecule has 0 atom stereocenters. The smallest absolute Gasteiger partial charge is 0.227 e. The van der Waals surface area contributed by atoms with Gasteiger partial charge in [-0.2, -0.15) is 0 Å². The molecule has 0 radical (unpaired) electrons. The van der Waals surface area contributed by atoms with E-state index >= 15 is 0 Å². The summed E-state index contributed by atoms with van der Waals surface area (Å²) in [7, 11) is 3.42.